The van der Waals surface area contributed by atoms with Crippen molar-refractivity contribution in [2.75, 3.05) is 0 Å². The summed E-state index contributed by atoms with van der Waals surface area (Å²) in [5.74, 6) is -0.0465. The van der Waals surface area contributed by atoms with Gasteiger partial charge in [-0.15, -0.1) is 0 Å². The predicted octanol–water partition coefficient (Wildman–Crippen LogP) is 7.25. The van der Waals surface area contributed by atoms with Crippen LogP contribution < -0.4 is 0 Å². The van der Waals surface area contributed by atoms with E-state index in [9.17, 15) is 9.59 Å². The number of hydrogen-bond acceptors (Lipinski definition) is 4. The molecular formula is C28H30N2O2. The fourth-order valence-electron chi connectivity index (χ4n) is 4.38. The molecule has 0 atom stereocenters. The summed E-state index contributed by atoms with van der Waals surface area (Å²) in [7, 11) is 0. The lowest BCUT2D eigenvalue weighted by Gasteiger charge is -2.22. The van der Waals surface area contributed by atoms with Crippen LogP contribution >= 0.6 is 0 Å². The number of carbonyl (C=O) groups excluding carboxylic acids is 2. The quantitative estimate of drug-likeness (QED) is 0.374. The monoisotopic (exact) mass is 426 g/mol. The highest BCUT2D eigenvalue weighted by molar-refractivity contribution is 6.12. The standard InChI is InChI=1S/C28H30N2O2/c1-6-10-25(31)23-14-18(15-24(30-23)26(32)11-7-2)21-16-22-27(29-17(3)28(22,4)5)20-13-9-8-12-19(20)21/h8-9,12-16H,6-7,10-11H2,1-5H3. The Labute approximate surface area is 189 Å². The van der Waals surface area contributed by atoms with Crippen molar-refractivity contribution in [2.45, 2.75) is 65.7 Å². The summed E-state index contributed by atoms with van der Waals surface area (Å²) in [5, 5.41) is 2.15. The molecule has 0 bridgehead atoms. The lowest BCUT2D eigenvalue weighted by molar-refractivity contribution is 0.0973. The van der Waals surface area contributed by atoms with Gasteiger partial charge in [-0.1, -0.05) is 52.0 Å². The van der Waals surface area contributed by atoms with Crippen LogP contribution in [0.15, 0.2) is 47.5 Å². The van der Waals surface area contributed by atoms with Gasteiger partial charge in [-0.25, -0.2) is 4.98 Å². The molecule has 4 heteroatoms. The molecule has 0 saturated heterocycles. The van der Waals surface area contributed by atoms with Gasteiger partial charge in [0, 0.05) is 29.4 Å². The van der Waals surface area contributed by atoms with E-state index in [4.69, 9.17) is 4.99 Å². The van der Waals surface area contributed by atoms with Crippen LogP contribution in [0.4, 0.5) is 5.69 Å². The zero-order valence-electron chi connectivity index (χ0n) is 19.6. The van der Waals surface area contributed by atoms with Crippen molar-refractivity contribution in [2.24, 2.45) is 4.99 Å². The lowest BCUT2D eigenvalue weighted by Crippen LogP contribution is -2.22. The fourth-order valence-corrected chi connectivity index (χ4v) is 4.38. The van der Waals surface area contributed by atoms with Gasteiger partial charge in [0.2, 0.25) is 0 Å². The molecule has 2 heterocycles. The van der Waals surface area contributed by atoms with Crippen LogP contribution in [0.2, 0.25) is 0 Å². The molecule has 0 fully saturated rings. The molecule has 1 aliphatic heterocycles. The highest BCUT2D eigenvalue weighted by Gasteiger charge is 2.34. The first kappa shape index (κ1) is 22.1. The number of carbonyl (C=O) groups is 2. The van der Waals surface area contributed by atoms with E-state index in [1.165, 1.54) is 5.56 Å². The molecule has 0 spiro atoms. The number of nitrogens with zero attached hydrogens (tertiary/aromatic N) is 2. The summed E-state index contributed by atoms with van der Waals surface area (Å²) in [4.78, 5) is 34.9. The Morgan fingerprint density at radius 3 is 2.00 bits per heavy atom. The summed E-state index contributed by atoms with van der Waals surface area (Å²) in [6.07, 6.45) is 2.33. The summed E-state index contributed by atoms with van der Waals surface area (Å²) < 4.78 is 0. The number of hydrogen-bond donors (Lipinski definition) is 0. The molecular weight excluding hydrogens is 396 g/mol. The third-order valence-electron chi connectivity index (χ3n) is 6.54. The van der Waals surface area contributed by atoms with Gasteiger partial charge in [0.25, 0.3) is 0 Å². The van der Waals surface area contributed by atoms with Crippen molar-refractivity contribution in [1.29, 1.82) is 0 Å². The van der Waals surface area contributed by atoms with E-state index in [0.717, 1.165) is 46.1 Å². The highest BCUT2D eigenvalue weighted by Crippen LogP contribution is 2.47. The van der Waals surface area contributed by atoms with Gasteiger partial charge in [-0.3, -0.25) is 14.6 Å². The molecule has 164 valence electrons. The lowest BCUT2D eigenvalue weighted by atomic mass is 9.79. The smallest absolute Gasteiger partial charge is 0.181 e. The van der Waals surface area contributed by atoms with Crippen molar-refractivity contribution in [1.82, 2.24) is 4.98 Å². The average molecular weight is 427 g/mol. The van der Waals surface area contributed by atoms with Crippen molar-refractivity contribution >= 4 is 33.7 Å². The van der Waals surface area contributed by atoms with Crippen LogP contribution in [0, 0.1) is 0 Å². The number of fused-ring (bicyclic) bond motifs is 3. The second-order valence-electron chi connectivity index (χ2n) is 9.16. The SMILES string of the molecule is CCCC(=O)c1cc(-c2cc3c(c4ccccc24)N=C(C)C3(C)C)cc(C(=O)CCC)n1. The molecule has 0 unspecified atom stereocenters. The maximum absolute atomic E-state index is 12.8. The van der Waals surface area contributed by atoms with Crippen molar-refractivity contribution in [3.63, 3.8) is 0 Å². The Bertz CT molecular complexity index is 1230. The van der Waals surface area contributed by atoms with Crippen LogP contribution in [0.25, 0.3) is 21.9 Å². The highest BCUT2D eigenvalue weighted by atomic mass is 16.1. The van der Waals surface area contributed by atoms with E-state index in [1.807, 2.05) is 38.1 Å². The Hall–Kier alpha value is -3.14. The van der Waals surface area contributed by atoms with Crippen LogP contribution in [0.5, 0.6) is 0 Å². The molecule has 0 radical (unpaired) electrons. The second kappa shape index (κ2) is 8.42. The molecule has 2 aromatic carbocycles. The Morgan fingerprint density at radius 2 is 1.44 bits per heavy atom. The van der Waals surface area contributed by atoms with Gasteiger partial charge in [0.05, 0.1) is 5.69 Å². The number of ketones is 2. The molecule has 0 aliphatic carbocycles. The number of rotatable bonds is 7. The first-order chi connectivity index (χ1) is 15.3. The van der Waals surface area contributed by atoms with Gasteiger partial charge in [0.1, 0.15) is 11.4 Å². The molecule has 0 N–H and O–H groups in total. The molecule has 1 aromatic heterocycles. The van der Waals surface area contributed by atoms with Crippen LogP contribution in [0.3, 0.4) is 0 Å². The largest absolute Gasteiger partial charge is 0.292 e. The van der Waals surface area contributed by atoms with Crippen molar-refractivity contribution < 1.29 is 9.59 Å². The maximum atomic E-state index is 12.8. The van der Waals surface area contributed by atoms with Crippen LogP contribution in [-0.4, -0.2) is 22.3 Å². The minimum atomic E-state index is -0.178. The van der Waals surface area contributed by atoms with E-state index in [-0.39, 0.29) is 17.0 Å². The number of aromatic nitrogens is 1. The molecule has 32 heavy (non-hydrogen) atoms. The van der Waals surface area contributed by atoms with Gasteiger partial charge in [0.15, 0.2) is 11.6 Å². The number of pyridine rings is 1. The van der Waals surface area contributed by atoms with Crippen molar-refractivity contribution in [3.05, 3.63) is 59.4 Å². The van der Waals surface area contributed by atoms with E-state index < -0.39 is 0 Å². The van der Waals surface area contributed by atoms with Gasteiger partial charge in [-0.2, -0.15) is 0 Å². The normalized spacial score (nSPS) is 14.3. The number of benzene rings is 2. The third kappa shape index (κ3) is 3.68. The van der Waals surface area contributed by atoms with Crippen LogP contribution in [0.1, 0.15) is 86.8 Å². The minimum Gasteiger partial charge on any atom is -0.292 e. The fraction of sp³-hybridized carbons (Fsp3) is 0.357. The summed E-state index contributed by atoms with van der Waals surface area (Å²) in [6, 6.07) is 14.1. The van der Waals surface area contributed by atoms with Gasteiger partial charge >= 0.3 is 0 Å². The van der Waals surface area contributed by atoms with Crippen LogP contribution in [-0.2, 0) is 5.41 Å². The zero-order chi connectivity index (χ0) is 23.0. The van der Waals surface area contributed by atoms with E-state index in [0.29, 0.717) is 24.2 Å². The maximum Gasteiger partial charge on any atom is 0.181 e. The predicted molar refractivity (Wildman–Crippen MR) is 131 cm³/mol. The Balaban J connectivity index is 2.00. The molecule has 4 nitrogen and oxygen atoms in total. The first-order valence-electron chi connectivity index (χ1n) is 11.5. The molecule has 0 amide bonds. The Kier molecular flexibility index (Phi) is 5.81. The molecule has 3 aromatic rings. The summed E-state index contributed by atoms with van der Waals surface area (Å²) in [6.45, 7) is 10.4. The van der Waals surface area contributed by atoms with E-state index in [2.05, 4.69) is 44.0 Å². The average Bonchev–Trinajstić information content (AvgIpc) is 3.01. The van der Waals surface area contributed by atoms with Gasteiger partial charge < -0.3 is 0 Å². The third-order valence-corrected chi connectivity index (χ3v) is 6.54. The van der Waals surface area contributed by atoms with Gasteiger partial charge in [-0.05, 0) is 60.0 Å². The summed E-state index contributed by atoms with van der Waals surface area (Å²) >= 11 is 0. The molecule has 1 aliphatic rings. The topological polar surface area (TPSA) is 59.4 Å². The molecule has 4 rings (SSSR count). The van der Waals surface area contributed by atoms with Crippen molar-refractivity contribution in [3.8, 4) is 11.1 Å². The van der Waals surface area contributed by atoms with E-state index >= 15 is 0 Å². The summed E-state index contributed by atoms with van der Waals surface area (Å²) in [5.41, 5.74) is 5.72. The second-order valence-corrected chi connectivity index (χ2v) is 9.16. The Morgan fingerprint density at radius 1 is 0.875 bits per heavy atom. The van der Waals surface area contributed by atoms with E-state index in [1.54, 1.807) is 0 Å². The molecule has 0 saturated carbocycles. The number of aliphatic imine (C=N–C) groups is 1. The first-order valence-corrected chi connectivity index (χ1v) is 11.5. The minimum absolute atomic E-state index is 0.0233. The zero-order valence-corrected chi connectivity index (χ0v) is 19.6. The number of Topliss-reactive ketones (excluding diaryl/α,β-unsaturated/α-hetero) is 2.